The Morgan fingerprint density at radius 1 is 0.554 bits per heavy atom. The van der Waals surface area contributed by atoms with Gasteiger partial charge < -0.3 is 42.6 Å². The Morgan fingerprint density at radius 3 is 1.69 bits per heavy atom. The van der Waals surface area contributed by atoms with Gasteiger partial charge in [0.05, 0.1) is 56.8 Å². The van der Waals surface area contributed by atoms with Crippen LogP contribution in [-0.4, -0.2) is 113 Å². The number of aryl methyl sites for hydroxylation is 1. The van der Waals surface area contributed by atoms with Crippen molar-refractivity contribution in [3.8, 4) is 17.2 Å². The average molecular weight is 1190 g/mol. The van der Waals surface area contributed by atoms with E-state index in [1.165, 1.54) is 60.7 Å². The third kappa shape index (κ3) is 19.3. The minimum absolute atomic E-state index is 0.0384. The second kappa shape index (κ2) is 31.1. The fraction of sp³-hybridized carbons (Fsp3) is 0.393. The van der Waals surface area contributed by atoms with Crippen LogP contribution in [0.4, 0.5) is 43.9 Å². The first-order valence-corrected chi connectivity index (χ1v) is 25.2. The number of hydrogen-bond acceptors (Lipinski definition) is 17. The number of benzene rings is 4. The summed E-state index contributed by atoms with van der Waals surface area (Å²) in [6, 6.07) is 19.7. The molecule has 0 aliphatic heterocycles. The van der Waals surface area contributed by atoms with Crippen LogP contribution in [0.3, 0.4) is 0 Å². The molecule has 0 aromatic heterocycles. The number of methoxy groups -OCH3 is 1. The van der Waals surface area contributed by atoms with Crippen LogP contribution in [-0.2, 0) is 66.9 Å². The van der Waals surface area contributed by atoms with Gasteiger partial charge in [0, 0.05) is 37.7 Å². The first-order valence-electron chi connectivity index (χ1n) is 25.2. The molecule has 0 saturated carbocycles. The van der Waals surface area contributed by atoms with Gasteiger partial charge in [-0.25, -0.2) is 28.8 Å². The van der Waals surface area contributed by atoms with Crippen LogP contribution in [0.15, 0.2) is 96.3 Å². The SMILES string of the molecule is CCCC(=O)Oc1ccc(C(=O)OCCc2c(CCOC(=O)c3ccccc3)cc(C(=O)OC(CCOC=O)=C(CCCCOC(=O)c3ccc(CC)cc3)CCOC(=O)C(F)(F)C(F)(F)C(F)(F)F)c(OC)c2OC(=O)C(F)(F)F)cc1. The van der Waals surface area contributed by atoms with Crippen molar-refractivity contribution in [1.29, 1.82) is 0 Å². The van der Waals surface area contributed by atoms with Crippen molar-refractivity contribution in [2.75, 3.05) is 40.1 Å². The molecule has 0 saturated heterocycles. The van der Waals surface area contributed by atoms with Gasteiger partial charge in [0.25, 0.3) is 6.47 Å². The quantitative estimate of drug-likeness (QED) is 0.00869. The zero-order valence-corrected chi connectivity index (χ0v) is 44.5. The van der Waals surface area contributed by atoms with Crippen molar-refractivity contribution >= 4 is 48.3 Å². The molecule has 0 fully saturated rings. The highest BCUT2D eigenvalue weighted by Gasteiger charge is 2.77. The van der Waals surface area contributed by atoms with Gasteiger partial charge in [0.15, 0.2) is 11.5 Å². The van der Waals surface area contributed by atoms with E-state index in [-0.39, 0.29) is 72.3 Å². The second-order valence-electron chi connectivity index (χ2n) is 17.5. The van der Waals surface area contributed by atoms with E-state index in [2.05, 4.69) is 4.74 Å². The predicted molar refractivity (Wildman–Crippen MR) is 267 cm³/mol. The molecule has 0 heterocycles. The maximum atomic E-state index is 14.5. The summed E-state index contributed by atoms with van der Waals surface area (Å²) in [5, 5.41) is 0. The number of unbranched alkanes of at least 4 members (excludes halogenated alkanes) is 1. The Kier molecular flexibility index (Phi) is 25.1. The summed E-state index contributed by atoms with van der Waals surface area (Å²) in [6.07, 6.45) is -14.6. The maximum Gasteiger partial charge on any atom is 0.491 e. The molecule has 0 bridgehead atoms. The van der Waals surface area contributed by atoms with Crippen molar-refractivity contribution in [3.05, 3.63) is 135 Å². The van der Waals surface area contributed by atoms with Crippen LogP contribution < -0.4 is 14.2 Å². The monoisotopic (exact) mass is 1190 g/mol. The molecular weight excluding hydrogens is 1130 g/mol. The first kappa shape index (κ1) is 67.0. The number of esters is 7. The van der Waals surface area contributed by atoms with Gasteiger partial charge in [-0.1, -0.05) is 44.2 Å². The molecule has 0 amide bonds. The fourth-order valence-electron chi connectivity index (χ4n) is 7.43. The lowest BCUT2D eigenvalue weighted by Gasteiger charge is -2.26. The van der Waals surface area contributed by atoms with Crippen LogP contribution in [0.5, 0.6) is 17.2 Å². The minimum atomic E-state index is -6.92. The molecule has 4 aromatic rings. The normalized spacial score (nSPS) is 12.0. The Hall–Kier alpha value is -8.52. The molecular formula is C56H54F10O17. The summed E-state index contributed by atoms with van der Waals surface area (Å²) >= 11 is 0. The Labute approximate surface area is 467 Å². The largest absolute Gasteiger partial charge is 0.492 e. The molecule has 0 unspecified atom stereocenters. The molecule has 0 atom stereocenters. The Morgan fingerprint density at radius 2 is 1.13 bits per heavy atom. The molecule has 17 nitrogen and oxygen atoms in total. The smallest absolute Gasteiger partial charge is 0.491 e. The number of halogens is 10. The van der Waals surface area contributed by atoms with Gasteiger partial charge in [-0.3, -0.25) is 9.59 Å². The molecule has 0 spiro atoms. The van der Waals surface area contributed by atoms with Crippen molar-refractivity contribution in [3.63, 3.8) is 0 Å². The van der Waals surface area contributed by atoms with Crippen LogP contribution in [0.25, 0.3) is 0 Å². The van der Waals surface area contributed by atoms with E-state index in [0.717, 1.165) is 18.7 Å². The number of alkyl halides is 10. The van der Waals surface area contributed by atoms with Gasteiger partial charge in [-0.2, -0.15) is 43.9 Å². The number of rotatable bonds is 31. The van der Waals surface area contributed by atoms with Crippen LogP contribution in [0.1, 0.15) is 117 Å². The highest BCUT2D eigenvalue weighted by atomic mass is 19.4. The van der Waals surface area contributed by atoms with E-state index in [1.807, 2.05) is 6.92 Å². The summed E-state index contributed by atoms with van der Waals surface area (Å²) in [5.41, 5.74) is -0.731. The zero-order valence-electron chi connectivity index (χ0n) is 44.5. The summed E-state index contributed by atoms with van der Waals surface area (Å²) in [4.78, 5) is 101. The van der Waals surface area contributed by atoms with E-state index in [4.69, 9.17) is 37.9 Å². The number of carbonyl (C=O) groups is 8. The molecule has 27 heteroatoms. The molecule has 83 heavy (non-hydrogen) atoms. The predicted octanol–water partition coefficient (Wildman–Crippen LogP) is 11.0. The Balaban J connectivity index is 1.81. The zero-order chi connectivity index (χ0) is 61.5. The molecule has 0 radical (unpaired) electrons. The van der Waals surface area contributed by atoms with E-state index in [9.17, 15) is 82.3 Å². The third-order valence-electron chi connectivity index (χ3n) is 11.7. The average Bonchev–Trinajstić information content (AvgIpc) is 2.61. The minimum Gasteiger partial charge on any atom is -0.492 e. The van der Waals surface area contributed by atoms with Gasteiger partial charge in [0.2, 0.25) is 0 Å². The lowest BCUT2D eigenvalue weighted by molar-refractivity contribution is -0.348. The van der Waals surface area contributed by atoms with Crippen LogP contribution in [0, 0.1) is 0 Å². The summed E-state index contributed by atoms with van der Waals surface area (Å²) in [5.74, 6) is -27.0. The number of ether oxygens (including phenoxy) is 9. The molecule has 4 rings (SSSR count). The lowest BCUT2D eigenvalue weighted by atomic mass is 9.96. The topological polar surface area (TPSA) is 220 Å². The van der Waals surface area contributed by atoms with Crippen LogP contribution >= 0.6 is 0 Å². The van der Waals surface area contributed by atoms with Crippen molar-refractivity contribution in [1.82, 2.24) is 0 Å². The summed E-state index contributed by atoms with van der Waals surface area (Å²) in [6.45, 7) is -0.126. The second-order valence-corrected chi connectivity index (χ2v) is 17.5. The van der Waals surface area contributed by atoms with E-state index >= 15 is 0 Å². The molecule has 0 N–H and O–H groups in total. The third-order valence-corrected chi connectivity index (χ3v) is 11.7. The van der Waals surface area contributed by atoms with Gasteiger partial charge in [0.1, 0.15) is 17.1 Å². The molecule has 0 aliphatic carbocycles. The van der Waals surface area contributed by atoms with Crippen molar-refractivity contribution in [2.24, 2.45) is 0 Å². The molecule has 450 valence electrons. The standard InChI is InChI=1S/C56H54F10O17/c1-4-11-44(68)81-40-21-19-38(20-22-40)49(71)79-31-25-41-39(24-29-78-47(69)36-13-7-6-8-14-36)32-42(45(75-3)46(41)83-52(74)54(59,60)61)50(72)82-43(26-28-76-33-67)35(23-30-80-51(73)53(57,58)55(62,63)56(64,65)66)12-9-10-27-77-48(70)37-17-15-34(5-2)16-18-37/h6-8,13-22,32-33H,4-5,9-12,23-31H2,1-3H3. The van der Waals surface area contributed by atoms with E-state index in [1.54, 1.807) is 25.1 Å². The summed E-state index contributed by atoms with van der Waals surface area (Å²) < 4.78 is 183. The van der Waals surface area contributed by atoms with Crippen molar-refractivity contribution in [2.45, 2.75) is 102 Å². The van der Waals surface area contributed by atoms with Gasteiger partial charge in [-0.05, 0) is 103 Å². The highest BCUT2D eigenvalue weighted by molar-refractivity contribution is 5.96. The summed E-state index contributed by atoms with van der Waals surface area (Å²) in [7, 11) is 0.810. The Bertz CT molecular complexity index is 2920. The highest BCUT2D eigenvalue weighted by Crippen LogP contribution is 2.47. The molecule has 0 aliphatic rings. The lowest BCUT2D eigenvalue weighted by Crippen LogP contribution is -2.56. The van der Waals surface area contributed by atoms with Crippen molar-refractivity contribution < 1.29 is 125 Å². The fourth-order valence-corrected chi connectivity index (χ4v) is 7.43. The van der Waals surface area contributed by atoms with Gasteiger partial charge >= 0.3 is 66.0 Å². The van der Waals surface area contributed by atoms with Crippen LogP contribution in [0.2, 0.25) is 0 Å². The van der Waals surface area contributed by atoms with Gasteiger partial charge in [-0.15, -0.1) is 0 Å². The van der Waals surface area contributed by atoms with E-state index in [0.29, 0.717) is 12.8 Å². The number of carbonyl (C=O) groups excluding carboxylic acids is 8. The number of hydrogen-bond donors (Lipinski definition) is 0. The molecule has 4 aromatic carbocycles. The maximum absolute atomic E-state index is 14.5. The first-order chi connectivity index (χ1) is 39.2. The van der Waals surface area contributed by atoms with E-state index < -0.39 is 146 Å².